The van der Waals surface area contributed by atoms with Crippen molar-refractivity contribution in [1.29, 1.82) is 0 Å². The van der Waals surface area contributed by atoms with Crippen LogP contribution in [-0.2, 0) is 14.3 Å². The first-order chi connectivity index (χ1) is 13.5. The molecule has 0 N–H and O–H groups in total. The van der Waals surface area contributed by atoms with Gasteiger partial charge in [0.2, 0.25) is 5.91 Å². The van der Waals surface area contributed by atoms with Crippen molar-refractivity contribution in [2.45, 2.75) is 38.0 Å². The highest BCUT2D eigenvalue weighted by Crippen LogP contribution is 2.30. The smallest absolute Gasteiger partial charge is 0.256 e. The molecule has 1 aromatic carbocycles. The minimum atomic E-state index is -0.432. The highest BCUT2D eigenvalue weighted by atomic mass is 35.5. The molecule has 28 heavy (non-hydrogen) atoms. The van der Waals surface area contributed by atoms with Crippen molar-refractivity contribution in [3.63, 3.8) is 0 Å². The number of halogens is 2. The van der Waals surface area contributed by atoms with Gasteiger partial charge in [0.1, 0.15) is 6.04 Å². The number of piperidine rings is 1. The predicted octanol–water partition coefficient (Wildman–Crippen LogP) is 3.21. The summed E-state index contributed by atoms with van der Waals surface area (Å²) in [5.41, 5.74) is 0.350. The SMILES string of the molecule is O=C(C1CCCN1C(=O)c1cc(Cl)ccc1Cl)N1CCC(C2OCCO2)CC1. The average Bonchev–Trinajstić information content (AvgIpc) is 3.41. The van der Waals surface area contributed by atoms with Gasteiger partial charge in [-0.1, -0.05) is 23.2 Å². The fraction of sp³-hybridized carbons (Fsp3) is 0.600. The summed E-state index contributed by atoms with van der Waals surface area (Å²) in [5, 5.41) is 0.804. The fourth-order valence-electron chi connectivity index (χ4n) is 4.33. The van der Waals surface area contributed by atoms with Crippen LogP contribution in [0.4, 0.5) is 0 Å². The molecule has 3 heterocycles. The second-order valence-electron chi connectivity index (χ2n) is 7.55. The van der Waals surface area contributed by atoms with E-state index in [1.807, 2.05) is 4.90 Å². The molecular weight excluding hydrogens is 403 g/mol. The Kier molecular flexibility index (Phi) is 6.11. The van der Waals surface area contributed by atoms with E-state index in [0.717, 1.165) is 19.3 Å². The summed E-state index contributed by atoms with van der Waals surface area (Å²) in [5.74, 6) is 0.125. The highest BCUT2D eigenvalue weighted by molar-refractivity contribution is 6.35. The molecule has 6 nitrogen and oxygen atoms in total. The molecule has 1 atom stereocenters. The maximum atomic E-state index is 13.1. The molecule has 3 aliphatic rings. The Bertz CT molecular complexity index is 746. The first-order valence-electron chi connectivity index (χ1n) is 9.82. The van der Waals surface area contributed by atoms with E-state index in [1.165, 1.54) is 0 Å². The van der Waals surface area contributed by atoms with Gasteiger partial charge in [0, 0.05) is 30.6 Å². The van der Waals surface area contributed by atoms with Gasteiger partial charge in [-0.15, -0.1) is 0 Å². The summed E-state index contributed by atoms with van der Waals surface area (Å²) < 4.78 is 11.2. The standard InChI is InChI=1S/C20H24Cl2N2O4/c21-14-3-4-16(22)15(12-14)18(25)24-7-1-2-17(24)19(26)23-8-5-13(6-9-23)20-27-10-11-28-20/h3-4,12-13,17,20H,1-2,5-11H2. The third kappa shape index (κ3) is 4.01. The summed E-state index contributed by atoms with van der Waals surface area (Å²) in [6.07, 6.45) is 3.07. The summed E-state index contributed by atoms with van der Waals surface area (Å²) in [4.78, 5) is 29.7. The second-order valence-corrected chi connectivity index (χ2v) is 8.40. The van der Waals surface area contributed by atoms with Crippen molar-refractivity contribution >= 4 is 35.0 Å². The van der Waals surface area contributed by atoms with Gasteiger partial charge < -0.3 is 19.3 Å². The van der Waals surface area contributed by atoms with Gasteiger partial charge >= 0.3 is 0 Å². The maximum absolute atomic E-state index is 13.1. The number of benzene rings is 1. The number of hydrogen-bond acceptors (Lipinski definition) is 4. The zero-order valence-electron chi connectivity index (χ0n) is 15.6. The van der Waals surface area contributed by atoms with Crippen molar-refractivity contribution in [1.82, 2.24) is 9.80 Å². The number of nitrogens with zero attached hydrogens (tertiary/aromatic N) is 2. The van der Waals surface area contributed by atoms with Crippen LogP contribution < -0.4 is 0 Å². The van der Waals surface area contributed by atoms with Crippen LogP contribution in [0.25, 0.3) is 0 Å². The molecule has 4 rings (SSSR count). The van der Waals surface area contributed by atoms with E-state index in [9.17, 15) is 9.59 Å². The molecule has 152 valence electrons. The van der Waals surface area contributed by atoms with Gasteiger partial charge in [0.15, 0.2) is 6.29 Å². The summed E-state index contributed by atoms with van der Waals surface area (Å²) in [7, 11) is 0. The molecule has 3 aliphatic heterocycles. The number of likely N-dealkylation sites (tertiary alicyclic amines) is 2. The quantitative estimate of drug-likeness (QED) is 0.744. The van der Waals surface area contributed by atoms with Crippen LogP contribution in [-0.4, -0.2) is 66.8 Å². The molecule has 0 radical (unpaired) electrons. The molecule has 2 amide bonds. The Morgan fingerprint density at radius 2 is 1.71 bits per heavy atom. The summed E-state index contributed by atoms with van der Waals surface area (Å²) >= 11 is 12.2. The van der Waals surface area contributed by atoms with E-state index in [0.29, 0.717) is 60.8 Å². The van der Waals surface area contributed by atoms with E-state index in [4.69, 9.17) is 32.7 Å². The molecule has 3 saturated heterocycles. The Balaban J connectivity index is 1.41. The molecule has 3 fully saturated rings. The average molecular weight is 427 g/mol. The lowest BCUT2D eigenvalue weighted by Gasteiger charge is -2.36. The minimum absolute atomic E-state index is 0.0238. The van der Waals surface area contributed by atoms with Gasteiger partial charge in [0.25, 0.3) is 5.91 Å². The molecule has 1 aromatic rings. The summed E-state index contributed by atoms with van der Waals surface area (Å²) in [6.45, 7) is 3.19. The zero-order valence-corrected chi connectivity index (χ0v) is 17.1. The third-order valence-corrected chi connectivity index (χ3v) is 6.41. The molecule has 0 spiro atoms. The largest absolute Gasteiger partial charge is 0.350 e. The number of amides is 2. The Morgan fingerprint density at radius 1 is 1.00 bits per heavy atom. The van der Waals surface area contributed by atoms with E-state index < -0.39 is 6.04 Å². The fourth-order valence-corrected chi connectivity index (χ4v) is 4.70. The third-order valence-electron chi connectivity index (χ3n) is 5.84. The van der Waals surface area contributed by atoms with E-state index in [2.05, 4.69) is 0 Å². The lowest BCUT2D eigenvalue weighted by Crippen LogP contribution is -2.50. The number of carbonyl (C=O) groups is 2. The van der Waals surface area contributed by atoms with E-state index in [1.54, 1.807) is 23.1 Å². The lowest BCUT2D eigenvalue weighted by atomic mass is 9.95. The van der Waals surface area contributed by atoms with Crippen molar-refractivity contribution in [2.75, 3.05) is 32.8 Å². The number of ether oxygens (including phenoxy) is 2. The topological polar surface area (TPSA) is 59.1 Å². The van der Waals surface area contributed by atoms with Crippen molar-refractivity contribution in [3.05, 3.63) is 33.8 Å². The Labute approximate surface area is 174 Å². The molecular formula is C20H24Cl2N2O4. The second kappa shape index (κ2) is 8.57. The first kappa shape index (κ1) is 20.0. The van der Waals surface area contributed by atoms with Crippen LogP contribution in [0, 0.1) is 5.92 Å². The van der Waals surface area contributed by atoms with Gasteiger partial charge in [-0.2, -0.15) is 0 Å². The van der Waals surface area contributed by atoms with Crippen LogP contribution in [0.15, 0.2) is 18.2 Å². The molecule has 1 unspecified atom stereocenters. The first-order valence-corrected chi connectivity index (χ1v) is 10.6. The van der Waals surface area contributed by atoms with Crippen molar-refractivity contribution < 1.29 is 19.1 Å². The van der Waals surface area contributed by atoms with E-state index >= 15 is 0 Å². The zero-order chi connectivity index (χ0) is 19.7. The van der Waals surface area contributed by atoms with Crippen molar-refractivity contribution in [3.8, 4) is 0 Å². The number of hydrogen-bond donors (Lipinski definition) is 0. The molecule has 0 aromatic heterocycles. The predicted molar refractivity (Wildman–Crippen MR) is 106 cm³/mol. The Morgan fingerprint density at radius 3 is 2.43 bits per heavy atom. The molecule has 0 aliphatic carbocycles. The van der Waals surface area contributed by atoms with Gasteiger partial charge in [0.05, 0.1) is 23.8 Å². The Hall–Kier alpha value is -1.34. The van der Waals surface area contributed by atoms with Gasteiger partial charge in [-0.05, 0) is 43.9 Å². The molecule has 0 saturated carbocycles. The minimum Gasteiger partial charge on any atom is -0.350 e. The van der Waals surface area contributed by atoms with Crippen LogP contribution in [0.3, 0.4) is 0 Å². The normalized spacial score (nSPS) is 24.1. The van der Waals surface area contributed by atoms with Crippen molar-refractivity contribution in [2.24, 2.45) is 5.92 Å². The molecule has 0 bridgehead atoms. The van der Waals surface area contributed by atoms with Gasteiger partial charge in [-0.3, -0.25) is 9.59 Å². The van der Waals surface area contributed by atoms with Gasteiger partial charge in [-0.25, -0.2) is 0 Å². The molecule has 8 heteroatoms. The summed E-state index contributed by atoms with van der Waals surface area (Å²) in [6, 6.07) is 4.40. The maximum Gasteiger partial charge on any atom is 0.256 e. The van der Waals surface area contributed by atoms with Crippen LogP contribution in [0.2, 0.25) is 10.0 Å². The van der Waals surface area contributed by atoms with Crippen LogP contribution in [0.5, 0.6) is 0 Å². The number of carbonyl (C=O) groups excluding carboxylic acids is 2. The monoisotopic (exact) mass is 426 g/mol. The number of rotatable bonds is 3. The van der Waals surface area contributed by atoms with Crippen LogP contribution in [0.1, 0.15) is 36.0 Å². The van der Waals surface area contributed by atoms with Crippen LogP contribution >= 0.6 is 23.2 Å². The van der Waals surface area contributed by atoms with E-state index in [-0.39, 0.29) is 18.1 Å². The lowest BCUT2D eigenvalue weighted by molar-refractivity contribution is -0.140. The highest BCUT2D eigenvalue weighted by Gasteiger charge is 2.39.